The molecule has 0 aliphatic carbocycles. The van der Waals surface area contributed by atoms with Crippen molar-refractivity contribution in [1.82, 2.24) is 5.32 Å². The van der Waals surface area contributed by atoms with Gasteiger partial charge in [0.1, 0.15) is 0 Å². The number of nitrogens with two attached hydrogens (primary N) is 1. The van der Waals surface area contributed by atoms with Crippen molar-refractivity contribution in [2.24, 2.45) is 5.73 Å². The fourth-order valence-corrected chi connectivity index (χ4v) is 0.482. The Labute approximate surface area is 94.6 Å². The van der Waals surface area contributed by atoms with Crippen LogP contribution < -0.4 is 11.1 Å². The number of carbonyl (C=O) groups excluding carboxylic acids is 2. The van der Waals surface area contributed by atoms with Crippen molar-refractivity contribution in [1.29, 1.82) is 0 Å². The number of rotatable bonds is 3. The van der Waals surface area contributed by atoms with E-state index in [2.05, 4.69) is 31.0 Å². The van der Waals surface area contributed by atoms with Gasteiger partial charge in [-0.1, -0.05) is 25.3 Å². The predicted octanol–water partition coefficient (Wildman–Crippen LogP) is -0.842. The number of primary amides is 1. The van der Waals surface area contributed by atoms with E-state index >= 15 is 0 Å². The quantitative estimate of drug-likeness (QED) is 0.286. The number of hydrogen-bond donors (Lipinski definition) is 6. The first kappa shape index (κ1) is 16.0. The molecule has 5 N–H and O–H groups in total. The van der Waals surface area contributed by atoms with Crippen LogP contribution in [-0.2, 0) is 9.59 Å². The molecule has 86 valence electrons. The van der Waals surface area contributed by atoms with Crippen molar-refractivity contribution < 1.29 is 29.4 Å². The second-order valence-corrected chi connectivity index (χ2v) is 2.74. The molecule has 0 bridgehead atoms. The van der Waals surface area contributed by atoms with Crippen molar-refractivity contribution in [3.05, 3.63) is 0 Å². The fraction of sp³-hybridized carbons (Fsp3) is 0.200. The molecule has 10 heteroatoms. The molecule has 8 nitrogen and oxygen atoms in total. The lowest BCUT2D eigenvalue weighted by Gasteiger charge is -2.05. The second-order valence-electron chi connectivity index (χ2n) is 1.90. The summed E-state index contributed by atoms with van der Waals surface area (Å²) in [5.41, 5.74) is 4.34. The van der Waals surface area contributed by atoms with Crippen LogP contribution in [0.25, 0.3) is 0 Å². The van der Waals surface area contributed by atoms with Crippen molar-refractivity contribution in [3.8, 4) is 0 Å². The van der Waals surface area contributed by atoms with Crippen LogP contribution in [0.4, 0.5) is 9.59 Å². The van der Waals surface area contributed by atoms with Gasteiger partial charge < -0.3 is 21.3 Å². The molecule has 0 radical (unpaired) electrons. The van der Waals surface area contributed by atoms with Gasteiger partial charge in [-0.15, -0.1) is 0 Å². The lowest BCUT2D eigenvalue weighted by Crippen LogP contribution is -2.44. The summed E-state index contributed by atoms with van der Waals surface area (Å²) in [5, 5.41) is 16.3. The van der Waals surface area contributed by atoms with Crippen LogP contribution in [0.15, 0.2) is 0 Å². The van der Waals surface area contributed by atoms with Gasteiger partial charge in [0.25, 0.3) is 10.5 Å². The van der Waals surface area contributed by atoms with E-state index < -0.39 is 28.5 Å². The van der Waals surface area contributed by atoms with Gasteiger partial charge >= 0.3 is 11.9 Å². The number of carboxylic acids is 2. The zero-order chi connectivity index (χ0) is 12.6. The molecule has 0 unspecified atom stereocenters. The Hall–Kier alpha value is -1.42. The number of nitrogens with one attached hydrogen (secondary N) is 1. The smallest absolute Gasteiger partial charge is 0.338 e. The normalized spacial score (nSPS) is 8.47. The zero-order valence-electron chi connectivity index (χ0n) is 7.08. The Kier molecular flexibility index (Phi) is 8.48. The minimum absolute atomic E-state index is 0.639. The van der Waals surface area contributed by atoms with E-state index in [4.69, 9.17) is 15.0 Å². The number of amides is 2. The van der Waals surface area contributed by atoms with E-state index in [1.54, 1.807) is 5.32 Å². The first-order valence-corrected chi connectivity index (χ1v) is 4.01. The fourth-order valence-electron chi connectivity index (χ4n) is 0.353. The minimum atomic E-state index is -1.93. The average molecular weight is 256 g/mol. The average Bonchev–Trinajstić information content (AvgIpc) is 1.97. The highest BCUT2D eigenvalue weighted by molar-refractivity contribution is 7.96. The Morgan fingerprint density at radius 3 is 1.40 bits per heavy atom. The maximum absolute atomic E-state index is 10.1. The van der Waals surface area contributed by atoms with Gasteiger partial charge in [-0.25, -0.2) is 9.59 Å². The molecule has 0 atom stereocenters. The number of carboxylic acid groups (broad SMARTS) is 2. The summed E-state index contributed by atoms with van der Waals surface area (Å²) in [4.78, 5) is 39.3. The summed E-state index contributed by atoms with van der Waals surface area (Å²) in [6.45, 7) is 0. The second kappa shape index (κ2) is 7.94. The Balaban J connectivity index is 0. The van der Waals surface area contributed by atoms with Crippen molar-refractivity contribution in [3.63, 3.8) is 0 Å². The van der Waals surface area contributed by atoms with Crippen molar-refractivity contribution in [2.45, 2.75) is 6.04 Å². The zero-order valence-corrected chi connectivity index (χ0v) is 8.87. The van der Waals surface area contributed by atoms with E-state index in [9.17, 15) is 14.4 Å². The van der Waals surface area contributed by atoms with Gasteiger partial charge in [0, 0.05) is 0 Å². The van der Waals surface area contributed by atoms with Gasteiger partial charge in [-0.05, 0) is 0 Å². The van der Waals surface area contributed by atoms with Gasteiger partial charge in [0.15, 0.2) is 0 Å². The third-order valence-electron chi connectivity index (χ3n) is 0.762. The highest BCUT2D eigenvalue weighted by atomic mass is 32.1. The molecule has 0 saturated heterocycles. The molecule has 0 spiro atoms. The molecule has 2 amide bonds. The summed E-state index contributed by atoms with van der Waals surface area (Å²) in [6, 6.07) is -1.93. The molecule has 0 heterocycles. The Bertz CT molecular complexity index is 263. The summed E-state index contributed by atoms with van der Waals surface area (Å²) in [7, 11) is 0. The van der Waals surface area contributed by atoms with E-state index in [1.165, 1.54) is 0 Å². The highest BCUT2D eigenvalue weighted by Gasteiger charge is 2.26. The van der Waals surface area contributed by atoms with Crippen LogP contribution in [0.5, 0.6) is 0 Å². The van der Waals surface area contributed by atoms with E-state index in [1.807, 2.05) is 0 Å². The lowest BCUT2D eigenvalue weighted by atomic mass is 10.3. The molecule has 0 aliphatic rings. The van der Waals surface area contributed by atoms with Crippen molar-refractivity contribution in [2.75, 3.05) is 0 Å². The largest absolute Gasteiger partial charge is 0.479 e. The summed E-state index contributed by atoms with van der Waals surface area (Å²) < 4.78 is 0. The molecule has 0 fully saturated rings. The van der Waals surface area contributed by atoms with Gasteiger partial charge in [0.2, 0.25) is 6.04 Å². The summed E-state index contributed by atoms with van der Waals surface area (Å²) in [6.07, 6.45) is 0. The number of carbonyl (C=O) groups is 4. The topological polar surface area (TPSA) is 147 Å². The van der Waals surface area contributed by atoms with Crippen molar-refractivity contribution >= 4 is 47.7 Å². The maximum Gasteiger partial charge on any atom is 0.338 e. The third kappa shape index (κ3) is 12.6. The van der Waals surface area contributed by atoms with Crippen LogP contribution in [0, 0.1) is 0 Å². The first-order valence-electron chi connectivity index (χ1n) is 3.12. The van der Waals surface area contributed by atoms with E-state index in [0.29, 0.717) is 0 Å². The molecule has 0 saturated carbocycles. The summed E-state index contributed by atoms with van der Waals surface area (Å²) >= 11 is 6.25. The Morgan fingerprint density at radius 2 is 1.33 bits per heavy atom. The first-order chi connectivity index (χ1) is 6.68. The van der Waals surface area contributed by atoms with E-state index in [-0.39, 0.29) is 0 Å². The monoisotopic (exact) mass is 256 g/mol. The molecule has 15 heavy (non-hydrogen) atoms. The van der Waals surface area contributed by atoms with E-state index in [0.717, 1.165) is 0 Å². The third-order valence-corrected chi connectivity index (χ3v) is 0.891. The molecular weight excluding hydrogens is 248 g/mol. The number of hydrogen-bond acceptors (Lipinski definition) is 4. The molecule has 0 aliphatic heterocycles. The standard InChI is InChI=1S/C4H5NO5S.CH3NOS/c6-2(7)1(3(8)9)5-4(10)11;2-1(3)4/h1H,(H,6,7)(H,8,9)(H2,5,10,11);(H3,2,3,4). The molecule has 0 aromatic carbocycles. The SMILES string of the molecule is NC(=O)S.O=C(S)NC(C(=O)O)C(=O)O. The number of aliphatic carboxylic acids is 2. The van der Waals surface area contributed by atoms with Crippen LogP contribution in [-0.4, -0.2) is 38.7 Å². The Morgan fingerprint density at radius 1 is 1.07 bits per heavy atom. The van der Waals surface area contributed by atoms with Gasteiger partial charge in [0.05, 0.1) is 0 Å². The molecule has 0 rings (SSSR count). The number of thiol groups is 2. The van der Waals surface area contributed by atoms with Crippen LogP contribution in [0.2, 0.25) is 0 Å². The maximum atomic E-state index is 10.1. The van der Waals surface area contributed by atoms with Gasteiger partial charge in [-0.2, -0.15) is 0 Å². The van der Waals surface area contributed by atoms with Crippen LogP contribution in [0.1, 0.15) is 0 Å². The molecular formula is C5H8N2O6S2. The predicted molar refractivity (Wildman–Crippen MR) is 55.1 cm³/mol. The minimum Gasteiger partial charge on any atom is -0.479 e. The molecule has 0 aromatic rings. The van der Waals surface area contributed by atoms with Crippen LogP contribution in [0.3, 0.4) is 0 Å². The lowest BCUT2D eigenvalue weighted by molar-refractivity contribution is -0.150. The molecule has 0 aromatic heterocycles. The highest BCUT2D eigenvalue weighted by Crippen LogP contribution is 1.87. The van der Waals surface area contributed by atoms with Gasteiger partial charge in [-0.3, -0.25) is 9.59 Å². The van der Waals surface area contributed by atoms with Crippen LogP contribution >= 0.6 is 25.3 Å². The summed E-state index contributed by atoms with van der Waals surface area (Å²) in [5.74, 6) is -3.28.